The van der Waals surface area contributed by atoms with E-state index in [9.17, 15) is 14.9 Å². The van der Waals surface area contributed by atoms with Crippen LogP contribution in [0.4, 0.5) is 0 Å². The fourth-order valence-electron chi connectivity index (χ4n) is 2.22. The summed E-state index contributed by atoms with van der Waals surface area (Å²) < 4.78 is 0. The second kappa shape index (κ2) is 7.17. The standard InChI is InChI=1S/C13H16ClN5O3/c1-10(20)4-5-17-6-7-18(13(17)16-19(21)22)9-11-2-3-12(14)15-8-11/h2-3,8H,4-7,9H2,1H3/b16-13-. The first-order valence-electron chi connectivity index (χ1n) is 6.78. The maximum absolute atomic E-state index is 11.1. The number of nitrogens with zero attached hydrogens (tertiary/aromatic N) is 5. The lowest BCUT2D eigenvalue weighted by Gasteiger charge is -2.20. The molecular weight excluding hydrogens is 310 g/mol. The van der Waals surface area contributed by atoms with E-state index in [1.54, 1.807) is 22.1 Å². The normalized spacial score (nSPS) is 16.4. The van der Waals surface area contributed by atoms with Gasteiger partial charge in [-0.3, -0.25) is 4.79 Å². The van der Waals surface area contributed by atoms with Crippen molar-refractivity contribution in [1.29, 1.82) is 0 Å². The Hall–Kier alpha value is -2.22. The zero-order valence-corrected chi connectivity index (χ0v) is 12.9. The largest absolute Gasteiger partial charge is 0.335 e. The molecule has 1 fully saturated rings. The molecule has 0 spiro atoms. The number of pyridine rings is 1. The maximum atomic E-state index is 11.1. The molecule has 22 heavy (non-hydrogen) atoms. The summed E-state index contributed by atoms with van der Waals surface area (Å²) in [6.45, 7) is 3.58. The molecule has 0 atom stereocenters. The van der Waals surface area contributed by atoms with Crippen molar-refractivity contribution in [2.24, 2.45) is 5.10 Å². The number of rotatable bonds is 6. The number of aromatic nitrogens is 1. The number of guanidine groups is 1. The molecular formula is C13H16ClN5O3. The molecule has 0 saturated carbocycles. The quantitative estimate of drug-likeness (QED) is 0.446. The molecule has 0 aliphatic carbocycles. The van der Waals surface area contributed by atoms with Gasteiger partial charge in [-0.15, -0.1) is 0 Å². The van der Waals surface area contributed by atoms with Crippen LogP contribution in [0.3, 0.4) is 0 Å². The number of hydrogen-bond donors (Lipinski definition) is 0. The minimum Gasteiger partial charge on any atom is -0.335 e. The number of hydrazone groups is 1. The Morgan fingerprint density at radius 2 is 2.18 bits per heavy atom. The van der Waals surface area contributed by atoms with E-state index in [2.05, 4.69) is 10.1 Å². The first kappa shape index (κ1) is 16.2. The van der Waals surface area contributed by atoms with E-state index < -0.39 is 5.03 Å². The van der Waals surface area contributed by atoms with Crippen LogP contribution in [0.1, 0.15) is 18.9 Å². The van der Waals surface area contributed by atoms with Gasteiger partial charge in [0.05, 0.1) is 0 Å². The number of Topliss-reactive ketones (excluding diaryl/α,β-unsaturated/α-hetero) is 1. The van der Waals surface area contributed by atoms with E-state index in [0.717, 1.165) is 5.56 Å². The molecule has 2 rings (SSSR count). The van der Waals surface area contributed by atoms with Crippen molar-refractivity contribution in [3.63, 3.8) is 0 Å². The fraction of sp³-hybridized carbons (Fsp3) is 0.462. The van der Waals surface area contributed by atoms with E-state index in [-0.39, 0.29) is 11.7 Å². The Morgan fingerprint density at radius 1 is 1.45 bits per heavy atom. The predicted molar refractivity (Wildman–Crippen MR) is 81.0 cm³/mol. The van der Waals surface area contributed by atoms with Crippen LogP contribution in [-0.4, -0.2) is 51.2 Å². The highest BCUT2D eigenvalue weighted by molar-refractivity contribution is 6.29. The summed E-state index contributed by atoms with van der Waals surface area (Å²) in [6, 6.07) is 3.49. The third-order valence-electron chi connectivity index (χ3n) is 3.27. The van der Waals surface area contributed by atoms with E-state index in [4.69, 9.17) is 11.6 Å². The van der Waals surface area contributed by atoms with Gasteiger partial charge in [0.15, 0.2) is 5.03 Å². The van der Waals surface area contributed by atoms with Gasteiger partial charge in [0.1, 0.15) is 16.0 Å². The molecule has 0 unspecified atom stereocenters. The highest BCUT2D eigenvalue weighted by atomic mass is 35.5. The first-order chi connectivity index (χ1) is 10.5. The molecule has 0 aromatic carbocycles. The van der Waals surface area contributed by atoms with Crippen molar-refractivity contribution >= 4 is 23.3 Å². The molecule has 1 saturated heterocycles. The van der Waals surface area contributed by atoms with Crippen LogP contribution < -0.4 is 0 Å². The number of hydrogen-bond acceptors (Lipinski definition) is 4. The summed E-state index contributed by atoms with van der Waals surface area (Å²) in [5, 5.41) is 13.9. The van der Waals surface area contributed by atoms with Crippen LogP contribution >= 0.6 is 11.6 Å². The summed E-state index contributed by atoms with van der Waals surface area (Å²) >= 11 is 5.74. The van der Waals surface area contributed by atoms with Gasteiger partial charge < -0.3 is 9.80 Å². The molecule has 1 aliphatic rings. The van der Waals surface area contributed by atoms with Gasteiger partial charge in [0, 0.05) is 38.8 Å². The monoisotopic (exact) mass is 325 g/mol. The van der Waals surface area contributed by atoms with Crippen molar-refractivity contribution in [3.05, 3.63) is 39.2 Å². The molecule has 1 aromatic heterocycles. The Balaban J connectivity index is 2.11. The average Bonchev–Trinajstić information content (AvgIpc) is 2.81. The number of carbonyl (C=O) groups excluding carboxylic acids is 1. The Kier molecular flexibility index (Phi) is 5.26. The van der Waals surface area contributed by atoms with Crippen LogP contribution in [0.2, 0.25) is 5.15 Å². The molecule has 2 heterocycles. The molecule has 1 aliphatic heterocycles. The van der Waals surface area contributed by atoms with Gasteiger partial charge in [-0.25, -0.2) is 15.1 Å². The number of halogens is 1. The predicted octanol–water partition coefficient (Wildman–Crippen LogP) is 1.38. The number of carbonyl (C=O) groups is 1. The van der Waals surface area contributed by atoms with Crippen LogP contribution in [0, 0.1) is 10.1 Å². The van der Waals surface area contributed by atoms with Crippen molar-refractivity contribution in [2.45, 2.75) is 19.9 Å². The third-order valence-corrected chi connectivity index (χ3v) is 3.50. The molecule has 0 bridgehead atoms. The van der Waals surface area contributed by atoms with E-state index in [0.29, 0.717) is 37.8 Å². The van der Waals surface area contributed by atoms with Crippen molar-refractivity contribution in [2.75, 3.05) is 19.6 Å². The highest BCUT2D eigenvalue weighted by Crippen LogP contribution is 2.15. The summed E-state index contributed by atoms with van der Waals surface area (Å²) in [7, 11) is 0. The zero-order chi connectivity index (χ0) is 16.1. The van der Waals surface area contributed by atoms with E-state index >= 15 is 0 Å². The van der Waals surface area contributed by atoms with Crippen LogP contribution in [-0.2, 0) is 11.3 Å². The fourth-order valence-corrected chi connectivity index (χ4v) is 2.33. The van der Waals surface area contributed by atoms with Crippen molar-refractivity contribution < 1.29 is 9.83 Å². The van der Waals surface area contributed by atoms with Crippen LogP contribution in [0.25, 0.3) is 0 Å². The SMILES string of the molecule is CC(=O)CCN1CCN(Cc2ccc(Cl)nc2)/C1=N\[N+](=O)[O-]. The lowest BCUT2D eigenvalue weighted by molar-refractivity contribution is -0.486. The van der Waals surface area contributed by atoms with Crippen molar-refractivity contribution in [3.8, 4) is 0 Å². The number of nitro groups is 1. The Bertz CT molecular complexity index is 590. The van der Waals surface area contributed by atoms with Gasteiger partial charge in [-0.05, 0) is 18.6 Å². The molecule has 118 valence electrons. The average molecular weight is 326 g/mol. The highest BCUT2D eigenvalue weighted by Gasteiger charge is 2.29. The summed E-state index contributed by atoms with van der Waals surface area (Å²) in [5.41, 5.74) is 0.883. The Labute approximate surface area is 132 Å². The molecule has 0 radical (unpaired) electrons. The van der Waals surface area contributed by atoms with E-state index in [1.807, 2.05) is 6.07 Å². The summed E-state index contributed by atoms with van der Waals surface area (Å²) in [5.74, 6) is 0.321. The molecule has 0 N–H and O–H groups in total. The van der Waals surface area contributed by atoms with Gasteiger partial charge in [-0.2, -0.15) is 0 Å². The molecule has 0 amide bonds. The maximum Gasteiger partial charge on any atom is 0.274 e. The summed E-state index contributed by atoms with van der Waals surface area (Å²) in [6.07, 6.45) is 1.97. The first-order valence-corrected chi connectivity index (χ1v) is 7.16. The van der Waals surface area contributed by atoms with Crippen LogP contribution in [0.15, 0.2) is 23.4 Å². The minimum absolute atomic E-state index is 0.0424. The lowest BCUT2D eigenvalue weighted by atomic mass is 10.3. The Morgan fingerprint density at radius 3 is 2.77 bits per heavy atom. The lowest BCUT2D eigenvalue weighted by Crippen LogP contribution is -2.35. The van der Waals surface area contributed by atoms with Gasteiger partial charge in [0.25, 0.3) is 5.96 Å². The molecule has 1 aromatic rings. The topological polar surface area (TPSA) is 91.9 Å². The van der Waals surface area contributed by atoms with Gasteiger partial charge in [0.2, 0.25) is 0 Å². The minimum atomic E-state index is -0.714. The smallest absolute Gasteiger partial charge is 0.274 e. The van der Waals surface area contributed by atoms with E-state index in [1.165, 1.54) is 6.92 Å². The summed E-state index contributed by atoms with van der Waals surface area (Å²) in [4.78, 5) is 29.4. The molecule has 8 nitrogen and oxygen atoms in total. The van der Waals surface area contributed by atoms with Crippen LogP contribution in [0.5, 0.6) is 0 Å². The second-order valence-corrected chi connectivity index (χ2v) is 5.37. The third kappa shape index (κ3) is 4.39. The van der Waals surface area contributed by atoms with Crippen molar-refractivity contribution in [1.82, 2.24) is 14.8 Å². The van der Waals surface area contributed by atoms with Gasteiger partial charge in [-0.1, -0.05) is 17.7 Å². The van der Waals surface area contributed by atoms with Gasteiger partial charge >= 0.3 is 0 Å². The molecule has 9 heteroatoms. The second-order valence-electron chi connectivity index (χ2n) is 4.99. The zero-order valence-electron chi connectivity index (χ0n) is 12.1. The number of ketones is 1.